The monoisotopic (exact) mass is 387 g/mol. The summed E-state index contributed by atoms with van der Waals surface area (Å²) < 4.78 is 6.71. The van der Waals surface area contributed by atoms with Crippen LogP contribution in [-0.4, -0.2) is 6.54 Å². The number of halogens is 3. The highest BCUT2D eigenvalue weighted by Crippen LogP contribution is 2.34. The molecule has 0 heterocycles. The molecule has 2 rings (SSSR count). The van der Waals surface area contributed by atoms with Crippen LogP contribution in [0.3, 0.4) is 0 Å². The SMILES string of the molecule is CCNC(C)c1ccc(Oc2cc(Br)ccc2Cl)cc1Cl. The van der Waals surface area contributed by atoms with Crippen molar-refractivity contribution < 1.29 is 4.74 Å². The van der Waals surface area contributed by atoms with Crippen molar-refractivity contribution in [3.05, 3.63) is 56.5 Å². The maximum Gasteiger partial charge on any atom is 0.147 e. The topological polar surface area (TPSA) is 21.3 Å². The molecule has 0 aliphatic carbocycles. The van der Waals surface area contributed by atoms with E-state index in [2.05, 4.69) is 35.1 Å². The minimum Gasteiger partial charge on any atom is -0.456 e. The van der Waals surface area contributed by atoms with E-state index in [0.717, 1.165) is 16.6 Å². The molecule has 0 radical (unpaired) electrons. The number of rotatable bonds is 5. The van der Waals surface area contributed by atoms with Crippen LogP contribution in [0.25, 0.3) is 0 Å². The van der Waals surface area contributed by atoms with E-state index in [0.29, 0.717) is 21.5 Å². The molecule has 1 unspecified atom stereocenters. The van der Waals surface area contributed by atoms with Crippen LogP contribution >= 0.6 is 39.1 Å². The lowest BCUT2D eigenvalue weighted by atomic mass is 10.1. The molecule has 0 aromatic heterocycles. The van der Waals surface area contributed by atoms with Crippen LogP contribution in [0.15, 0.2) is 40.9 Å². The standard InChI is InChI=1S/C16H16BrCl2NO/c1-3-20-10(2)13-6-5-12(9-15(13)19)21-16-8-11(17)4-7-14(16)18/h4-10,20H,3H2,1-2H3. The van der Waals surface area contributed by atoms with Gasteiger partial charge in [-0.2, -0.15) is 0 Å². The van der Waals surface area contributed by atoms with Crippen LogP contribution in [0.4, 0.5) is 0 Å². The summed E-state index contributed by atoms with van der Waals surface area (Å²) in [5.41, 5.74) is 1.05. The molecular weight excluding hydrogens is 373 g/mol. The lowest BCUT2D eigenvalue weighted by molar-refractivity contribution is 0.482. The van der Waals surface area contributed by atoms with E-state index in [1.807, 2.05) is 30.3 Å². The van der Waals surface area contributed by atoms with E-state index in [4.69, 9.17) is 27.9 Å². The number of hydrogen-bond donors (Lipinski definition) is 1. The van der Waals surface area contributed by atoms with E-state index in [1.54, 1.807) is 6.07 Å². The Bertz CT molecular complexity index is 634. The first-order valence-electron chi connectivity index (χ1n) is 6.67. The quantitative estimate of drug-likeness (QED) is 0.656. The van der Waals surface area contributed by atoms with Crippen molar-refractivity contribution in [1.29, 1.82) is 0 Å². The second kappa shape index (κ2) is 7.50. The van der Waals surface area contributed by atoms with Crippen molar-refractivity contribution in [2.24, 2.45) is 0 Å². The molecule has 1 N–H and O–H groups in total. The predicted octanol–water partition coefficient (Wildman–Crippen LogP) is 6.22. The van der Waals surface area contributed by atoms with E-state index < -0.39 is 0 Å². The highest BCUT2D eigenvalue weighted by Gasteiger charge is 2.11. The molecule has 2 aromatic rings. The van der Waals surface area contributed by atoms with Gasteiger partial charge in [0.15, 0.2) is 0 Å². The second-order valence-corrected chi connectivity index (χ2v) is 6.37. The zero-order valence-corrected chi connectivity index (χ0v) is 14.9. The Morgan fingerprint density at radius 1 is 1.14 bits per heavy atom. The Morgan fingerprint density at radius 2 is 1.90 bits per heavy atom. The molecule has 0 bridgehead atoms. The van der Waals surface area contributed by atoms with Gasteiger partial charge in [-0.1, -0.05) is 52.1 Å². The Morgan fingerprint density at radius 3 is 2.57 bits per heavy atom. The molecule has 0 saturated carbocycles. The molecule has 0 saturated heterocycles. The van der Waals surface area contributed by atoms with Gasteiger partial charge in [-0.05, 0) is 49.4 Å². The van der Waals surface area contributed by atoms with Crippen LogP contribution in [0.5, 0.6) is 11.5 Å². The average Bonchev–Trinajstić information content (AvgIpc) is 2.43. The zero-order chi connectivity index (χ0) is 15.4. The lowest BCUT2D eigenvalue weighted by Crippen LogP contribution is -2.17. The summed E-state index contributed by atoms with van der Waals surface area (Å²) in [6.45, 7) is 5.04. The molecule has 1 atom stereocenters. The van der Waals surface area contributed by atoms with Gasteiger partial charge in [0.25, 0.3) is 0 Å². The number of benzene rings is 2. The van der Waals surface area contributed by atoms with Gasteiger partial charge in [-0.25, -0.2) is 0 Å². The van der Waals surface area contributed by atoms with Crippen LogP contribution in [0.1, 0.15) is 25.5 Å². The smallest absolute Gasteiger partial charge is 0.147 e. The minimum atomic E-state index is 0.200. The van der Waals surface area contributed by atoms with Gasteiger partial charge in [0.1, 0.15) is 11.5 Å². The molecule has 0 aliphatic rings. The van der Waals surface area contributed by atoms with Gasteiger partial charge in [-0.15, -0.1) is 0 Å². The largest absolute Gasteiger partial charge is 0.456 e. The van der Waals surface area contributed by atoms with Crippen molar-refractivity contribution in [3.8, 4) is 11.5 Å². The average molecular weight is 389 g/mol. The highest BCUT2D eigenvalue weighted by molar-refractivity contribution is 9.10. The summed E-state index contributed by atoms with van der Waals surface area (Å²) in [6.07, 6.45) is 0. The van der Waals surface area contributed by atoms with Crippen molar-refractivity contribution in [2.75, 3.05) is 6.54 Å². The minimum absolute atomic E-state index is 0.200. The van der Waals surface area contributed by atoms with Gasteiger partial charge < -0.3 is 10.1 Å². The fourth-order valence-electron chi connectivity index (χ4n) is 2.02. The van der Waals surface area contributed by atoms with Gasteiger partial charge in [0, 0.05) is 15.5 Å². The Balaban J connectivity index is 2.22. The third kappa shape index (κ3) is 4.36. The van der Waals surface area contributed by atoms with Crippen molar-refractivity contribution >= 4 is 39.1 Å². The first-order chi connectivity index (χ1) is 10.0. The molecule has 0 aliphatic heterocycles. The summed E-state index contributed by atoms with van der Waals surface area (Å²) in [7, 11) is 0. The molecule has 0 fully saturated rings. The Kier molecular flexibility index (Phi) is 5.94. The van der Waals surface area contributed by atoms with Crippen LogP contribution in [0, 0.1) is 0 Å². The van der Waals surface area contributed by atoms with Crippen LogP contribution < -0.4 is 10.1 Å². The molecule has 5 heteroatoms. The zero-order valence-electron chi connectivity index (χ0n) is 11.8. The molecule has 112 valence electrons. The molecule has 0 spiro atoms. The summed E-state index contributed by atoms with van der Waals surface area (Å²) in [6, 6.07) is 11.3. The maximum absolute atomic E-state index is 6.34. The van der Waals surface area contributed by atoms with Crippen molar-refractivity contribution in [2.45, 2.75) is 19.9 Å². The predicted molar refractivity (Wildman–Crippen MR) is 92.8 cm³/mol. The van der Waals surface area contributed by atoms with Gasteiger partial charge >= 0.3 is 0 Å². The molecule has 21 heavy (non-hydrogen) atoms. The van der Waals surface area contributed by atoms with Crippen molar-refractivity contribution in [1.82, 2.24) is 5.32 Å². The Hall–Kier alpha value is -0.740. The number of hydrogen-bond acceptors (Lipinski definition) is 2. The van der Waals surface area contributed by atoms with Gasteiger partial charge in [0.05, 0.1) is 5.02 Å². The molecule has 2 aromatic carbocycles. The van der Waals surface area contributed by atoms with Crippen LogP contribution in [-0.2, 0) is 0 Å². The van der Waals surface area contributed by atoms with Gasteiger partial charge in [-0.3, -0.25) is 0 Å². The third-order valence-corrected chi connectivity index (χ3v) is 4.20. The van der Waals surface area contributed by atoms with E-state index in [9.17, 15) is 0 Å². The molecule has 2 nitrogen and oxygen atoms in total. The molecule has 0 amide bonds. The van der Waals surface area contributed by atoms with E-state index >= 15 is 0 Å². The summed E-state index contributed by atoms with van der Waals surface area (Å²) in [5.74, 6) is 1.25. The second-order valence-electron chi connectivity index (χ2n) is 4.64. The van der Waals surface area contributed by atoms with Crippen molar-refractivity contribution in [3.63, 3.8) is 0 Å². The first-order valence-corrected chi connectivity index (χ1v) is 8.22. The first kappa shape index (κ1) is 16.6. The number of nitrogens with one attached hydrogen (secondary N) is 1. The fraction of sp³-hybridized carbons (Fsp3) is 0.250. The molecular formula is C16H16BrCl2NO. The third-order valence-electron chi connectivity index (χ3n) is 3.07. The normalized spacial score (nSPS) is 12.2. The van der Waals surface area contributed by atoms with E-state index in [1.165, 1.54) is 0 Å². The number of ether oxygens (including phenoxy) is 1. The summed E-state index contributed by atoms with van der Waals surface area (Å²) in [4.78, 5) is 0. The summed E-state index contributed by atoms with van der Waals surface area (Å²) >= 11 is 15.9. The fourth-order valence-corrected chi connectivity index (χ4v) is 2.85. The van der Waals surface area contributed by atoms with Gasteiger partial charge in [0.2, 0.25) is 0 Å². The van der Waals surface area contributed by atoms with Crippen LogP contribution in [0.2, 0.25) is 10.0 Å². The maximum atomic E-state index is 6.34. The highest BCUT2D eigenvalue weighted by atomic mass is 79.9. The summed E-state index contributed by atoms with van der Waals surface area (Å²) in [5, 5.41) is 4.56. The van der Waals surface area contributed by atoms with E-state index in [-0.39, 0.29) is 6.04 Å². The lowest BCUT2D eigenvalue weighted by Gasteiger charge is -2.15. The Labute approximate surface area is 143 Å².